The maximum Gasteiger partial charge on any atom is 0.243 e. The Morgan fingerprint density at radius 3 is 2.24 bits per heavy atom. The molecule has 1 heterocycles. The van der Waals surface area contributed by atoms with E-state index in [0.29, 0.717) is 31.3 Å². The summed E-state index contributed by atoms with van der Waals surface area (Å²) in [5, 5.41) is 18.1. The van der Waals surface area contributed by atoms with Gasteiger partial charge in [-0.3, -0.25) is 14.8 Å². The molecule has 0 radical (unpaired) electrons. The molecule has 9 nitrogen and oxygen atoms in total. The number of hydroxylamine groups is 1. The summed E-state index contributed by atoms with van der Waals surface area (Å²) in [5.41, 5.74) is 3.20. The third kappa shape index (κ3) is 9.05. The predicted molar refractivity (Wildman–Crippen MR) is 129 cm³/mol. The molecule has 1 aliphatic carbocycles. The van der Waals surface area contributed by atoms with Gasteiger partial charge in [0.25, 0.3) is 0 Å². The van der Waals surface area contributed by atoms with Gasteiger partial charge in [0.15, 0.2) is 0 Å². The van der Waals surface area contributed by atoms with Crippen molar-refractivity contribution in [1.29, 1.82) is 0 Å². The van der Waals surface area contributed by atoms with Crippen molar-refractivity contribution < 1.29 is 14.8 Å². The van der Waals surface area contributed by atoms with Crippen LogP contribution in [0.25, 0.3) is 0 Å². The number of benzene rings is 1. The lowest BCUT2D eigenvalue weighted by molar-refractivity contribution is -0.129. The number of nitrogens with one attached hydrogen (secondary N) is 4. The van der Waals surface area contributed by atoms with Gasteiger partial charge in [-0.1, -0.05) is 32.1 Å². The number of hydrogen-bond donors (Lipinski definition) is 5. The lowest BCUT2D eigenvalue weighted by Crippen LogP contribution is -2.22. The van der Waals surface area contributed by atoms with Crippen LogP contribution in [0.5, 0.6) is 0 Å². The lowest BCUT2D eigenvalue weighted by Gasteiger charge is -2.23. The van der Waals surface area contributed by atoms with Gasteiger partial charge >= 0.3 is 0 Å². The molecule has 33 heavy (non-hydrogen) atoms. The molecule has 178 valence electrons. The van der Waals surface area contributed by atoms with Crippen LogP contribution in [0.4, 0.5) is 23.1 Å². The molecule has 0 saturated heterocycles. The molecule has 1 saturated carbocycles. The number of aromatic nitrogens is 2. The molecule has 0 aliphatic heterocycles. The van der Waals surface area contributed by atoms with Crippen LogP contribution in [0.15, 0.2) is 36.5 Å². The van der Waals surface area contributed by atoms with Gasteiger partial charge in [-0.05, 0) is 56.0 Å². The summed E-state index contributed by atoms with van der Waals surface area (Å²) in [6, 6.07) is 9.83. The van der Waals surface area contributed by atoms with Gasteiger partial charge in [-0.25, -0.2) is 10.5 Å². The topological polar surface area (TPSA) is 128 Å². The second kappa shape index (κ2) is 13.4. The fourth-order valence-corrected chi connectivity index (χ4v) is 3.93. The van der Waals surface area contributed by atoms with Crippen molar-refractivity contribution in [3.63, 3.8) is 0 Å². The molecule has 0 spiro atoms. The van der Waals surface area contributed by atoms with Gasteiger partial charge < -0.3 is 16.0 Å². The van der Waals surface area contributed by atoms with Gasteiger partial charge in [0.05, 0.1) is 0 Å². The number of hydrogen-bond acceptors (Lipinski definition) is 7. The van der Waals surface area contributed by atoms with E-state index < -0.39 is 0 Å². The Morgan fingerprint density at radius 2 is 1.55 bits per heavy atom. The van der Waals surface area contributed by atoms with Crippen molar-refractivity contribution in [2.45, 2.75) is 76.7 Å². The number of carbonyl (C=O) groups excluding carboxylic acids is 2. The lowest BCUT2D eigenvalue weighted by atomic mass is 9.95. The van der Waals surface area contributed by atoms with E-state index in [1.165, 1.54) is 32.1 Å². The second-order valence-electron chi connectivity index (χ2n) is 8.44. The molecule has 0 bridgehead atoms. The molecule has 1 aromatic heterocycles. The minimum Gasteiger partial charge on any atom is -0.367 e. The standard InChI is InChI=1S/C24H34N6O3/c31-22(10-6-1-2-7-11-23(32)30-33)27-19-12-14-20(15-13-19)28-24-25-17-16-21(29-24)26-18-8-4-3-5-9-18/h12-18,33H,1-11H2,(H,27,31)(H,30,32)(H2,25,26,28,29). The first-order valence-electron chi connectivity index (χ1n) is 11.8. The normalized spacial score (nSPS) is 13.8. The third-order valence-electron chi connectivity index (χ3n) is 5.72. The molecule has 1 aliphatic rings. The molecule has 9 heteroatoms. The summed E-state index contributed by atoms with van der Waals surface area (Å²) in [5.74, 6) is 0.957. The zero-order valence-electron chi connectivity index (χ0n) is 19.0. The molecule has 1 fully saturated rings. The van der Waals surface area contributed by atoms with Crippen LogP contribution in [0, 0.1) is 0 Å². The molecule has 2 aromatic rings. The zero-order valence-corrected chi connectivity index (χ0v) is 19.0. The first kappa shape index (κ1) is 24.4. The predicted octanol–water partition coefficient (Wildman–Crippen LogP) is 4.75. The smallest absolute Gasteiger partial charge is 0.243 e. The maximum absolute atomic E-state index is 12.1. The number of unbranched alkanes of at least 4 members (excludes halogenated alkanes) is 3. The van der Waals surface area contributed by atoms with E-state index in [4.69, 9.17) is 5.21 Å². The van der Waals surface area contributed by atoms with Crippen LogP contribution in [-0.4, -0.2) is 33.0 Å². The fraction of sp³-hybridized carbons (Fsp3) is 0.500. The minimum atomic E-state index is -0.374. The number of carbonyl (C=O) groups is 2. The van der Waals surface area contributed by atoms with E-state index in [-0.39, 0.29) is 11.8 Å². The Labute approximate surface area is 194 Å². The molecule has 2 amide bonds. The highest BCUT2D eigenvalue weighted by atomic mass is 16.5. The highest BCUT2D eigenvalue weighted by Gasteiger charge is 2.13. The van der Waals surface area contributed by atoms with Gasteiger partial charge in [-0.15, -0.1) is 0 Å². The van der Waals surface area contributed by atoms with Crippen LogP contribution >= 0.6 is 0 Å². The van der Waals surface area contributed by atoms with Crippen LogP contribution in [-0.2, 0) is 9.59 Å². The Hall–Kier alpha value is -3.20. The first-order valence-corrected chi connectivity index (χ1v) is 11.8. The first-order chi connectivity index (χ1) is 16.1. The van der Waals surface area contributed by atoms with E-state index in [1.54, 1.807) is 11.7 Å². The minimum absolute atomic E-state index is 0.0337. The molecular formula is C24H34N6O3. The molecule has 1 aromatic carbocycles. The van der Waals surface area contributed by atoms with Crippen molar-refractivity contribution in [2.75, 3.05) is 16.0 Å². The summed E-state index contributed by atoms with van der Waals surface area (Å²) in [4.78, 5) is 31.9. The van der Waals surface area contributed by atoms with Crippen molar-refractivity contribution in [3.05, 3.63) is 36.5 Å². The zero-order chi connectivity index (χ0) is 23.3. The van der Waals surface area contributed by atoms with Crippen LogP contribution in [0.3, 0.4) is 0 Å². The number of amides is 2. The Morgan fingerprint density at radius 1 is 0.879 bits per heavy atom. The quantitative estimate of drug-likeness (QED) is 0.178. The summed E-state index contributed by atoms with van der Waals surface area (Å²) in [6.07, 6.45) is 11.9. The van der Waals surface area contributed by atoms with E-state index in [9.17, 15) is 9.59 Å². The third-order valence-corrected chi connectivity index (χ3v) is 5.72. The van der Waals surface area contributed by atoms with Crippen molar-refractivity contribution in [2.24, 2.45) is 0 Å². The summed E-state index contributed by atoms with van der Waals surface area (Å²) >= 11 is 0. The molecule has 5 N–H and O–H groups in total. The molecule has 0 unspecified atom stereocenters. The van der Waals surface area contributed by atoms with Gasteiger partial charge in [-0.2, -0.15) is 4.98 Å². The van der Waals surface area contributed by atoms with Crippen molar-refractivity contribution in [1.82, 2.24) is 15.4 Å². The number of rotatable bonds is 12. The summed E-state index contributed by atoms with van der Waals surface area (Å²) in [6.45, 7) is 0. The van der Waals surface area contributed by atoms with E-state index in [1.807, 2.05) is 30.3 Å². The maximum atomic E-state index is 12.1. The van der Waals surface area contributed by atoms with Crippen molar-refractivity contribution >= 4 is 35.0 Å². The van der Waals surface area contributed by atoms with Crippen LogP contribution in [0.1, 0.15) is 70.6 Å². The average Bonchev–Trinajstić information content (AvgIpc) is 2.83. The molecule has 0 atom stereocenters. The number of anilines is 4. The van der Waals surface area contributed by atoms with Crippen LogP contribution in [0.2, 0.25) is 0 Å². The Bertz CT molecular complexity index is 884. The van der Waals surface area contributed by atoms with E-state index in [2.05, 4.69) is 25.9 Å². The Kier molecular flexibility index (Phi) is 9.90. The van der Waals surface area contributed by atoms with Gasteiger partial charge in [0.2, 0.25) is 17.8 Å². The largest absolute Gasteiger partial charge is 0.367 e. The molecular weight excluding hydrogens is 420 g/mol. The summed E-state index contributed by atoms with van der Waals surface area (Å²) in [7, 11) is 0. The highest BCUT2D eigenvalue weighted by Crippen LogP contribution is 2.22. The summed E-state index contributed by atoms with van der Waals surface area (Å²) < 4.78 is 0. The highest BCUT2D eigenvalue weighted by molar-refractivity contribution is 5.90. The van der Waals surface area contributed by atoms with Crippen molar-refractivity contribution in [3.8, 4) is 0 Å². The van der Waals surface area contributed by atoms with Crippen LogP contribution < -0.4 is 21.4 Å². The fourth-order valence-electron chi connectivity index (χ4n) is 3.93. The SMILES string of the molecule is O=C(CCCCCCC(=O)Nc1ccc(Nc2nccc(NC3CCCCC3)n2)cc1)NO. The van der Waals surface area contributed by atoms with E-state index in [0.717, 1.165) is 36.5 Å². The molecule has 3 rings (SSSR count). The van der Waals surface area contributed by atoms with Gasteiger partial charge in [0.1, 0.15) is 5.82 Å². The Balaban J connectivity index is 1.38. The monoisotopic (exact) mass is 454 g/mol. The average molecular weight is 455 g/mol. The number of nitrogens with zero attached hydrogens (tertiary/aromatic N) is 2. The second-order valence-corrected chi connectivity index (χ2v) is 8.44. The van der Waals surface area contributed by atoms with Gasteiger partial charge in [0, 0.05) is 36.5 Å². The van der Waals surface area contributed by atoms with E-state index >= 15 is 0 Å².